The number of nitrogen functional groups attached to an aromatic ring is 1. The minimum absolute atomic E-state index is 0.191. The maximum atomic E-state index is 11.1. The van der Waals surface area contributed by atoms with Crippen LogP contribution in [0.5, 0.6) is 0 Å². The second kappa shape index (κ2) is 4.04. The number of hydrogen-bond acceptors (Lipinski definition) is 4. The maximum Gasteiger partial charge on any atom is 0.252 e. The Kier molecular flexibility index (Phi) is 3.01. The van der Waals surface area contributed by atoms with Crippen LogP contribution in [0.25, 0.3) is 0 Å². The molecule has 0 atom stereocenters. The molecule has 1 heterocycles. The van der Waals surface area contributed by atoms with Crippen molar-refractivity contribution in [3.8, 4) is 0 Å². The number of carbonyl (C=O) groups excluding carboxylic acids is 1. The van der Waals surface area contributed by atoms with Gasteiger partial charge in [-0.3, -0.25) is 4.79 Å². The highest BCUT2D eigenvalue weighted by Gasteiger charge is 2.14. The lowest BCUT2D eigenvalue weighted by Crippen LogP contribution is -2.18. The molecular formula is C9H14N4O. The van der Waals surface area contributed by atoms with Crippen LogP contribution in [0.2, 0.25) is 0 Å². The molecule has 0 bridgehead atoms. The van der Waals surface area contributed by atoms with Gasteiger partial charge in [0.1, 0.15) is 0 Å². The fraction of sp³-hybridized carbons (Fsp3) is 0.444. The van der Waals surface area contributed by atoms with Gasteiger partial charge in [0.25, 0.3) is 5.91 Å². The van der Waals surface area contributed by atoms with Crippen LogP contribution in [-0.4, -0.2) is 15.9 Å². The maximum absolute atomic E-state index is 11.1. The molecule has 0 aliphatic rings. The Labute approximate surface area is 82.5 Å². The summed E-state index contributed by atoms with van der Waals surface area (Å²) >= 11 is 0. The standard InChI is InChI=1S/C9H14N4O/c1-3-4-6-7(8(10)14)5(2)12-9(11)13-6/h3-4H2,1-2H3,(H2,10,14)(H2,11,12,13). The third-order valence-electron chi connectivity index (χ3n) is 1.92. The topological polar surface area (TPSA) is 94.9 Å². The summed E-state index contributed by atoms with van der Waals surface area (Å²) in [5.74, 6) is -0.304. The van der Waals surface area contributed by atoms with Gasteiger partial charge in [-0.1, -0.05) is 13.3 Å². The largest absolute Gasteiger partial charge is 0.368 e. The van der Waals surface area contributed by atoms with Gasteiger partial charge in [-0.05, 0) is 13.3 Å². The van der Waals surface area contributed by atoms with E-state index in [1.54, 1.807) is 6.92 Å². The van der Waals surface area contributed by atoms with E-state index in [4.69, 9.17) is 11.5 Å². The fourth-order valence-electron chi connectivity index (χ4n) is 1.39. The summed E-state index contributed by atoms with van der Waals surface area (Å²) in [6, 6.07) is 0. The Morgan fingerprint density at radius 3 is 2.57 bits per heavy atom. The van der Waals surface area contributed by atoms with E-state index in [2.05, 4.69) is 9.97 Å². The number of rotatable bonds is 3. The molecule has 1 rings (SSSR count). The van der Waals surface area contributed by atoms with Crippen molar-refractivity contribution < 1.29 is 4.79 Å². The molecule has 0 unspecified atom stereocenters. The summed E-state index contributed by atoms with van der Waals surface area (Å²) < 4.78 is 0. The Bertz CT molecular complexity index is 362. The molecule has 0 aliphatic heterocycles. The van der Waals surface area contributed by atoms with Gasteiger partial charge in [0.15, 0.2) is 0 Å². The molecule has 1 aromatic heterocycles. The van der Waals surface area contributed by atoms with Gasteiger partial charge in [0.2, 0.25) is 5.95 Å². The van der Waals surface area contributed by atoms with Crippen molar-refractivity contribution in [2.24, 2.45) is 5.73 Å². The lowest BCUT2D eigenvalue weighted by atomic mass is 10.1. The Hall–Kier alpha value is -1.65. The first-order valence-electron chi connectivity index (χ1n) is 4.49. The zero-order chi connectivity index (χ0) is 10.7. The van der Waals surface area contributed by atoms with E-state index in [1.165, 1.54) is 0 Å². The van der Waals surface area contributed by atoms with Crippen molar-refractivity contribution in [3.05, 3.63) is 17.0 Å². The number of nitrogens with zero attached hydrogens (tertiary/aromatic N) is 2. The fourth-order valence-corrected chi connectivity index (χ4v) is 1.39. The van der Waals surface area contributed by atoms with Crippen molar-refractivity contribution in [3.63, 3.8) is 0 Å². The smallest absolute Gasteiger partial charge is 0.252 e. The van der Waals surface area contributed by atoms with Gasteiger partial charge < -0.3 is 11.5 Å². The van der Waals surface area contributed by atoms with Crippen molar-refractivity contribution in [2.75, 3.05) is 5.73 Å². The van der Waals surface area contributed by atoms with Gasteiger partial charge in [-0.25, -0.2) is 9.97 Å². The average molecular weight is 194 g/mol. The van der Waals surface area contributed by atoms with Gasteiger partial charge in [-0.15, -0.1) is 0 Å². The van der Waals surface area contributed by atoms with Crippen LogP contribution in [0.4, 0.5) is 5.95 Å². The van der Waals surface area contributed by atoms with Crippen LogP contribution in [0, 0.1) is 6.92 Å². The molecule has 14 heavy (non-hydrogen) atoms. The summed E-state index contributed by atoms with van der Waals surface area (Å²) in [5.41, 5.74) is 12.3. The first-order chi connectivity index (χ1) is 6.56. The molecule has 0 spiro atoms. The van der Waals surface area contributed by atoms with E-state index < -0.39 is 5.91 Å². The Morgan fingerprint density at radius 1 is 1.43 bits per heavy atom. The molecule has 0 aromatic carbocycles. The van der Waals surface area contributed by atoms with E-state index in [1.807, 2.05) is 6.92 Å². The molecule has 0 radical (unpaired) electrons. The highest BCUT2D eigenvalue weighted by Crippen LogP contribution is 2.12. The van der Waals surface area contributed by atoms with Crippen molar-refractivity contribution >= 4 is 11.9 Å². The minimum atomic E-state index is -0.494. The van der Waals surface area contributed by atoms with Crippen LogP contribution in [0.3, 0.4) is 0 Å². The number of primary amides is 1. The molecule has 0 saturated heterocycles. The third-order valence-corrected chi connectivity index (χ3v) is 1.92. The summed E-state index contributed by atoms with van der Waals surface area (Å²) in [7, 11) is 0. The van der Waals surface area contributed by atoms with Crippen LogP contribution >= 0.6 is 0 Å². The zero-order valence-corrected chi connectivity index (χ0v) is 8.37. The summed E-state index contributed by atoms with van der Waals surface area (Å²) in [6.45, 7) is 3.70. The van der Waals surface area contributed by atoms with E-state index >= 15 is 0 Å². The first kappa shape index (κ1) is 10.4. The van der Waals surface area contributed by atoms with E-state index in [9.17, 15) is 4.79 Å². The molecule has 4 N–H and O–H groups in total. The number of aromatic nitrogens is 2. The van der Waals surface area contributed by atoms with Crippen LogP contribution < -0.4 is 11.5 Å². The van der Waals surface area contributed by atoms with E-state index in [-0.39, 0.29) is 5.95 Å². The predicted molar refractivity (Wildman–Crippen MR) is 53.7 cm³/mol. The number of aryl methyl sites for hydroxylation is 2. The highest BCUT2D eigenvalue weighted by molar-refractivity contribution is 5.95. The SMILES string of the molecule is CCCc1nc(N)nc(C)c1C(N)=O. The third kappa shape index (κ3) is 1.99. The van der Waals surface area contributed by atoms with Crippen LogP contribution in [0.1, 0.15) is 35.1 Å². The average Bonchev–Trinajstić information content (AvgIpc) is 2.01. The molecule has 0 fully saturated rings. The lowest BCUT2D eigenvalue weighted by Gasteiger charge is -2.07. The molecule has 0 saturated carbocycles. The quantitative estimate of drug-likeness (QED) is 0.728. The second-order valence-corrected chi connectivity index (χ2v) is 3.10. The zero-order valence-electron chi connectivity index (χ0n) is 8.37. The number of anilines is 1. The van der Waals surface area contributed by atoms with Crippen LogP contribution in [-0.2, 0) is 6.42 Å². The minimum Gasteiger partial charge on any atom is -0.368 e. The molecular weight excluding hydrogens is 180 g/mol. The Balaban J connectivity index is 3.28. The molecule has 1 amide bonds. The van der Waals surface area contributed by atoms with E-state index in [0.29, 0.717) is 23.4 Å². The van der Waals surface area contributed by atoms with E-state index in [0.717, 1.165) is 6.42 Å². The molecule has 0 aliphatic carbocycles. The van der Waals surface area contributed by atoms with Crippen LogP contribution in [0.15, 0.2) is 0 Å². The van der Waals surface area contributed by atoms with Gasteiger partial charge in [0, 0.05) is 0 Å². The summed E-state index contributed by atoms with van der Waals surface area (Å²) in [6.07, 6.45) is 1.57. The monoisotopic (exact) mass is 194 g/mol. The molecule has 5 heteroatoms. The summed E-state index contributed by atoms with van der Waals surface area (Å²) in [5, 5.41) is 0. The number of nitrogens with two attached hydrogens (primary N) is 2. The van der Waals surface area contributed by atoms with Gasteiger partial charge in [0.05, 0.1) is 17.0 Å². The number of carbonyl (C=O) groups is 1. The second-order valence-electron chi connectivity index (χ2n) is 3.10. The molecule has 5 nitrogen and oxygen atoms in total. The molecule has 76 valence electrons. The van der Waals surface area contributed by atoms with Crippen molar-refractivity contribution in [2.45, 2.75) is 26.7 Å². The first-order valence-corrected chi connectivity index (χ1v) is 4.49. The molecule has 1 aromatic rings. The van der Waals surface area contributed by atoms with Gasteiger partial charge >= 0.3 is 0 Å². The summed E-state index contributed by atoms with van der Waals surface area (Å²) in [4.78, 5) is 19.0. The van der Waals surface area contributed by atoms with Crippen molar-refractivity contribution in [1.82, 2.24) is 9.97 Å². The van der Waals surface area contributed by atoms with Gasteiger partial charge in [-0.2, -0.15) is 0 Å². The number of amides is 1. The number of hydrogen-bond donors (Lipinski definition) is 2. The van der Waals surface area contributed by atoms with Crippen molar-refractivity contribution in [1.29, 1.82) is 0 Å². The lowest BCUT2D eigenvalue weighted by molar-refractivity contribution is 0.0998. The highest BCUT2D eigenvalue weighted by atomic mass is 16.1. The Morgan fingerprint density at radius 2 is 2.07 bits per heavy atom. The predicted octanol–water partition coefficient (Wildman–Crippen LogP) is 0.419. The normalized spacial score (nSPS) is 10.1.